The zero-order valence-electron chi connectivity index (χ0n) is 24.0. The van der Waals surface area contributed by atoms with Crippen molar-refractivity contribution in [3.05, 3.63) is 71.8 Å². The number of nitrogens with one attached hydrogen (secondary N) is 2. The van der Waals surface area contributed by atoms with E-state index in [0.29, 0.717) is 32.8 Å². The Morgan fingerprint density at radius 1 is 1.05 bits per heavy atom. The van der Waals surface area contributed by atoms with Gasteiger partial charge >= 0.3 is 0 Å². The summed E-state index contributed by atoms with van der Waals surface area (Å²) in [5.41, 5.74) is 1.76. The number of aliphatic hydroxyl groups excluding tert-OH is 1. The predicted octanol–water partition coefficient (Wildman–Crippen LogP) is 1.82. The normalized spacial score (nSPS) is 31.1. The molecule has 9 nitrogen and oxygen atoms in total. The summed E-state index contributed by atoms with van der Waals surface area (Å²) < 4.78 is 4.70. The fourth-order valence-corrected chi connectivity index (χ4v) is 9.99. The van der Waals surface area contributed by atoms with Crippen molar-refractivity contribution in [1.29, 1.82) is 0 Å². The SMILES string of the molecule is CC1C[C@@H]2SC13C(C(=O)NCCN1CCOCC1)N([C@H](CO)c1ccccc1)C(=O)[C@@H]3[C@@H]2C(=O)NCc1ccccc1. The van der Waals surface area contributed by atoms with Gasteiger partial charge in [0.1, 0.15) is 6.04 Å². The van der Waals surface area contributed by atoms with Crippen LogP contribution in [0.3, 0.4) is 0 Å². The smallest absolute Gasteiger partial charge is 0.244 e. The molecule has 4 aliphatic rings. The third-order valence-corrected chi connectivity index (χ3v) is 11.6. The van der Waals surface area contributed by atoms with Crippen molar-refractivity contribution >= 4 is 29.5 Å². The predicted molar refractivity (Wildman–Crippen MR) is 160 cm³/mol. The average Bonchev–Trinajstić information content (AvgIpc) is 3.62. The lowest BCUT2D eigenvalue weighted by Gasteiger charge is -2.40. The quantitative estimate of drug-likeness (QED) is 0.386. The molecule has 4 heterocycles. The van der Waals surface area contributed by atoms with E-state index >= 15 is 0 Å². The molecule has 0 aliphatic carbocycles. The monoisotopic (exact) mass is 592 g/mol. The minimum absolute atomic E-state index is 0.0418. The number of thioether (sulfide) groups is 1. The van der Waals surface area contributed by atoms with Gasteiger partial charge in [-0.2, -0.15) is 0 Å². The van der Waals surface area contributed by atoms with Crippen molar-refractivity contribution in [2.24, 2.45) is 17.8 Å². The summed E-state index contributed by atoms with van der Waals surface area (Å²) in [7, 11) is 0. The number of nitrogens with zero attached hydrogens (tertiary/aromatic N) is 2. The highest BCUT2D eigenvalue weighted by Crippen LogP contribution is 2.69. The summed E-state index contributed by atoms with van der Waals surface area (Å²) in [6.45, 7) is 6.35. The maximum atomic E-state index is 14.5. The molecule has 7 atom stereocenters. The van der Waals surface area contributed by atoms with Crippen LogP contribution in [0.15, 0.2) is 60.7 Å². The van der Waals surface area contributed by atoms with Crippen LogP contribution >= 0.6 is 11.8 Å². The maximum absolute atomic E-state index is 14.5. The number of amides is 3. The zero-order chi connectivity index (χ0) is 29.3. The highest BCUT2D eigenvalue weighted by Gasteiger charge is 2.76. The zero-order valence-corrected chi connectivity index (χ0v) is 24.8. The lowest BCUT2D eigenvalue weighted by molar-refractivity contribution is -0.143. The van der Waals surface area contributed by atoms with E-state index in [1.807, 2.05) is 60.7 Å². The van der Waals surface area contributed by atoms with Gasteiger partial charge in [0.25, 0.3) is 0 Å². The van der Waals surface area contributed by atoms with E-state index in [2.05, 4.69) is 22.5 Å². The lowest BCUT2D eigenvalue weighted by atomic mass is 9.66. The molecule has 4 saturated heterocycles. The molecule has 3 N–H and O–H groups in total. The molecule has 10 heteroatoms. The molecule has 2 aromatic carbocycles. The fourth-order valence-electron chi connectivity index (χ4n) is 7.59. The summed E-state index contributed by atoms with van der Waals surface area (Å²) in [5.74, 6) is -1.69. The van der Waals surface area contributed by atoms with E-state index in [-0.39, 0.29) is 35.5 Å². The molecule has 0 saturated carbocycles. The first-order valence-electron chi connectivity index (χ1n) is 15.0. The van der Waals surface area contributed by atoms with E-state index in [4.69, 9.17) is 4.74 Å². The van der Waals surface area contributed by atoms with Gasteiger partial charge in [-0.15, -0.1) is 11.8 Å². The first-order valence-corrected chi connectivity index (χ1v) is 15.9. The average molecular weight is 593 g/mol. The standard InChI is InChI=1S/C32H40N4O5S/c1-21-18-25-26(29(38)34-19-22-8-4-2-5-9-22)27-31(40)36(24(20-37)23-10-6-3-7-11-23)28(32(21,27)42-25)30(39)33-12-13-35-14-16-41-17-15-35/h2-11,21,24-28,37H,12-20H2,1H3,(H,33,39)(H,34,38)/t21?,24-,25+,26-,27+,28?,32?/m1/s1. The van der Waals surface area contributed by atoms with Crippen LogP contribution in [0.4, 0.5) is 0 Å². The Morgan fingerprint density at radius 3 is 2.43 bits per heavy atom. The van der Waals surface area contributed by atoms with Gasteiger partial charge in [-0.25, -0.2) is 0 Å². The van der Waals surface area contributed by atoms with Crippen molar-refractivity contribution in [2.45, 2.75) is 42.0 Å². The minimum Gasteiger partial charge on any atom is -0.394 e. The van der Waals surface area contributed by atoms with E-state index < -0.39 is 28.7 Å². The molecular formula is C32H40N4O5S. The topological polar surface area (TPSA) is 111 Å². The number of carbonyl (C=O) groups excluding carboxylic acids is 3. The Kier molecular flexibility index (Phi) is 8.58. The Morgan fingerprint density at radius 2 is 1.74 bits per heavy atom. The van der Waals surface area contributed by atoms with Crippen LogP contribution in [0, 0.1) is 17.8 Å². The Hall–Kier alpha value is -2.92. The highest BCUT2D eigenvalue weighted by molar-refractivity contribution is 8.02. The molecule has 6 rings (SSSR count). The number of rotatable bonds is 10. The highest BCUT2D eigenvalue weighted by atomic mass is 32.2. The van der Waals surface area contributed by atoms with Crippen LogP contribution in [0.1, 0.15) is 30.5 Å². The van der Waals surface area contributed by atoms with Crippen LogP contribution in [-0.4, -0.2) is 94.7 Å². The van der Waals surface area contributed by atoms with Crippen LogP contribution in [0.5, 0.6) is 0 Å². The Balaban J connectivity index is 1.30. The minimum atomic E-state index is -0.797. The summed E-state index contributed by atoms with van der Waals surface area (Å²) in [4.78, 5) is 46.4. The van der Waals surface area contributed by atoms with Gasteiger partial charge in [0.05, 0.1) is 42.4 Å². The molecule has 224 valence electrons. The van der Waals surface area contributed by atoms with E-state index in [9.17, 15) is 19.5 Å². The molecule has 3 unspecified atom stereocenters. The molecule has 4 aliphatic heterocycles. The van der Waals surface area contributed by atoms with Gasteiger partial charge in [0.15, 0.2) is 0 Å². The van der Waals surface area contributed by atoms with E-state index in [0.717, 1.165) is 30.6 Å². The maximum Gasteiger partial charge on any atom is 0.244 e. The van der Waals surface area contributed by atoms with Crippen molar-refractivity contribution in [3.63, 3.8) is 0 Å². The van der Waals surface area contributed by atoms with Gasteiger partial charge in [0.2, 0.25) is 17.7 Å². The Labute approximate surface area is 251 Å². The summed E-state index contributed by atoms with van der Waals surface area (Å²) in [6.07, 6.45) is 0.762. The van der Waals surface area contributed by atoms with Crippen molar-refractivity contribution in [2.75, 3.05) is 46.0 Å². The first-order chi connectivity index (χ1) is 20.5. The Bertz CT molecular complexity index is 1280. The number of hydrogen-bond acceptors (Lipinski definition) is 7. The second-order valence-electron chi connectivity index (χ2n) is 11.9. The second kappa shape index (κ2) is 12.4. The molecular weight excluding hydrogens is 552 g/mol. The summed E-state index contributed by atoms with van der Waals surface area (Å²) in [5, 5.41) is 16.8. The van der Waals surface area contributed by atoms with Gasteiger partial charge in [-0.1, -0.05) is 67.6 Å². The third-order valence-electron chi connectivity index (χ3n) is 9.57. The first kappa shape index (κ1) is 29.2. The van der Waals surface area contributed by atoms with Gasteiger partial charge < -0.3 is 25.4 Å². The summed E-state index contributed by atoms with van der Waals surface area (Å²) >= 11 is 1.65. The van der Waals surface area contributed by atoms with Crippen LogP contribution < -0.4 is 10.6 Å². The number of fused-ring (bicyclic) bond motifs is 1. The number of likely N-dealkylation sites (tertiary alicyclic amines) is 1. The van der Waals surface area contributed by atoms with Crippen molar-refractivity contribution in [3.8, 4) is 0 Å². The van der Waals surface area contributed by atoms with E-state index in [1.165, 1.54) is 0 Å². The van der Waals surface area contributed by atoms with E-state index in [1.54, 1.807) is 16.7 Å². The number of carbonyl (C=O) groups is 3. The molecule has 1 spiro atoms. The molecule has 4 fully saturated rings. The van der Waals surface area contributed by atoms with Crippen LogP contribution in [-0.2, 0) is 25.7 Å². The molecule has 2 bridgehead atoms. The molecule has 42 heavy (non-hydrogen) atoms. The lowest BCUT2D eigenvalue weighted by Crippen LogP contribution is -2.57. The van der Waals surface area contributed by atoms with Gasteiger partial charge in [-0.05, 0) is 23.5 Å². The number of morpholine rings is 1. The van der Waals surface area contributed by atoms with Gasteiger partial charge in [0, 0.05) is 38.0 Å². The van der Waals surface area contributed by atoms with Gasteiger partial charge in [-0.3, -0.25) is 19.3 Å². The number of benzene rings is 2. The van der Waals surface area contributed by atoms with Crippen LogP contribution in [0.2, 0.25) is 0 Å². The molecule has 2 aromatic rings. The number of hydrogen-bond donors (Lipinski definition) is 3. The molecule has 0 aromatic heterocycles. The number of aliphatic hydroxyl groups is 1. The van der Waals surface area contributed by atoms with Crippen molar-refractivity contribution in [1.82, 2.24) is 20.4 Å². The second-order valence-corrected chi connectivity index (χ2v) is 13.4. The molecule has 3 amide bonds. The summed E-state index contributed by atoms with van der Waals surface area (Å²) in [6, 6.07) is 17.6. The van der Waals surface area contributed by atoms with Crippen LogP contribution in [0.25, 0.3) is 0 Å². The van der Waals surface area contributed by atoms with Crippen molar-refractivity contribution < 1.29 is 24.2 Å². The largest absolute Gasteiger partial charge is 0.394 e. The fraction of sp³-hybridized carbons (Fsp3) is 0.531. The number of ether oxygens (including phenoxy) is 1. The molecule has 0 radical (unpaired) electrons. The third kappa shape index (κ3) is 5.12.